The summed E-state index contributed by atoms with van der Waals surface area (Å²) in [5, 5.41) is 1.06. The van der Waals surface area contributed by atoms with Crippen LogP contribution in [0.15, 0.2) is 42.5 Å². The molecule has 2 aliphatic rings. The van der Waals surface area contributed by atoms with Gasteiger partial charge in [0.15, 0.2) is 0 Å². The SMILES string of the molecule is CCCCN(C)C(=O)c1ccc(N2CCC(N3CCN(C)C3=O)CC2c2ccc(Cl)c(Cl)c2)cc1. The first-order chi connectivity index (χ1) is 16.8. The highest BCUT2D eigenvalue weighted by Gasteiger charge is 2.38. The lowest BCUT2D eigenvalue weighted by Crippen LogP contribution is -2.47. The standard InChI is InChI=1S/C27H34Cl2N4O2/c1-4-5-13-30(2)26(34)19-6-9-21(10-7-19)32-14-12-22(33-16-15-31(3)27(33)35)18-25(32)20-8-11-23(28)24(29)17-20/h6-11,17,22,25H,4-5,12-16,18H2,1-3H3. The minimum absolute atomic E-state index is 0.0380. The Hall–Kier alpha value is -2.44. The van der Waals surface area contributed by atoms with E-state index in [0.29, 0.717) is 15.6 Å². The van der Waals surface area contributed by atoms with E-state index in [0.717, 1.165) is 63.1 Å². The second-order valence-electron chi connectivity index (χ2n) is 9.59. The topological polar surface area (TPSA) is 47.1 Å². The molecule has 6 nitrogen and oxygen atoms in total. The van der Waals surface area contributed by atoms with Gasteiger partial charge in [0.25, 0.3) is 5.91 Å². The van der Waals surface area contributed by atoms with Crippen LogP contribution in [-0.4, -0.2) is 73.0 Å². The van der Waals surface area contributed by atoms with E-state index in [2.05, 4.69) is 11.8 Å². The van der Waals surface area contributed by atoms with E-state index in [4.69, 9.17) is 23.2 Å². The lowest BCUT2D eigenvalue weighted by Gasteiger charge is -2.44. The second-order valence-corrected chi connectivity index (χ2v) is 10.4. The summed E-state index contributed by atoms with van der Waals surface area (Å²) in [5.74, 6) is 0.0430. The molecule has 2 aromatic carbocycles. The zero-order valence-corrected chi connectivity index (χ0v) is 22.2. The van der Waals surface area contributed by atoms with E-state index >= 15 is 0 Å². The number of benzene rings is 2. The zero-order chi connectivity index (χ0) is 25.1. The van der Waals surface area contributed by atoms with Crippen molar-refractivity contribution in [3.05, 3.63) is 63.6 Å². The summed E-state index contributed by atoms with van der Waals surface area (Å²) in [5.41, 5.74) is 2.82. The van der Waals surface area contributed by atoms with E-state index in [1.807, 2.05) is 61.5 Å². The molecule has 8 heteroatoms. The van der Waals surface area contributed by atoms with Crippen LogP contribution in [-0.2, 0) is 0 Å². The van der Waals surface area contributed by atoms with Crippen LogP contribution in [0.5, 0.6) is 0 Å². The number of carbonyl (C=O) groups is 2. The number of amides is 3. The predicted octanol–water partition coefficient (Wildman–Crippen LogP) is 5.94. The first kappa shape index (κ1) is 25.6. The van der Waals surface area contributed by atoms with Gasteiger partial charge in [-0.2, -0.15) is 0 Å². The van der Waals surface area contributed by atoms with Gasteiger partial charge in [-0.3, -0.25) is 4.79 Å². The maximum Gasteiger partial charge on any atom is 0.320 e. The van der Waals surface area contributed by atoms with Crippen LogP contribution in [0.25, 0.3) is 0 Å². The van der Waals surface area contributed by atoms with Gasteiger partial charge in [-0.1, -0.05) is 42.6 Å². The van der Waals surface area contributed by atoms with Crippen molar-refractivity contribution in [2.75, 3.05) is 45.2 Å². The Morgan fingerprint density at radius 3 is 2.40 bits per heavy atom. The molecule has 0 saturated carbocycles. The molecule has 2 aromatic rings. The molecule has 0 aromatic heterocycles. The van der Waals surface area contributed by atoms with Gasteiger partial charge in [-0.15, -0.1) is 0 Å². The highest BCUT2D eigenvalue weighted by molar-refractivity contribution is 6.42. The van der Waals surface area contributed by atoms with E-state index in [-0.39, 0.29) is 24.0 Å². The number of urea groups is 1. The van der Waals surface area contributed by atoms with E-state index < -0.39 is 0 Å². The number of nitrogens with zero attached hydrogens (tertiary/aromatic N) is 4. The van der Waals surface area contributed by atoms with Gasteiger partial charge in [-0.25, -0.2) is 4.79 Å². The predicted molar refractivity (Wildman–Crippen MR) is 143 cm³/mol. The van der Waals surface area contributed by atoms with Crippen LogP contribution in [0.4, 0.5) is 10.5 Å². The Morgan fingerprint density at radius 2 is 1.77 bits per heavy atom. The van der Waals surface area contributed by atoms with Crippen LogP contribution < -0.4 is 4.90 Å². The maximum atomic E-state index is 12.8. The second kappa shape index (κ2) is 11.1. The lowest BCUT2D eigenvalue weighted by atomic mass is 9.90. The van der Waals surface area contributed by atoms with Gasteiger partial charge in [0.1, 0.15) is 0 Å². The highest BCUT2D eigenvalue weighted by atomic mass is 35.5. The summed E-state index contributed by atoms with van der Waals surface area (Å²) in [6, 6.07) is 14.0. The molecular weight excluding hydrogens is 483 g/mol. The Balaban J connectivity index is 1.58. The molecule has 2 fully saturated rings. The van der Waals surface area contributed by atoms with Gasteiger partial charge >= 0.3 is 6.03 Å². The smallest absolute Gasteiger partial charge is 0.320 e. The van der Waals surface area contributed by atoms with Gasteiger partial charge in [0, 0.05) is 57.6 Å². The number of anilines is 1. The molecule has 2 aliphatic heterocycles. The van der Waals surface area contributed by atoms with Crippen LogP contribution >= 0.6 is 23.2 Å². The maximum absolute atomic E-state index is 12.8. The fraction of sp³-hybridized carbons (Fsp3) is 0.481. The number of halogens is 2. The van der Waals surface area contributed by atoms with Crippen LogP contribution in [0.2, 0.25) is 10.0 Å². The summed E-state index contributed by atoms with van der Waals surface area (Å²) in [6.45, 7) is 5.20. The van der Waals surface area contributed by atoms with Crippen molar-refractivity contribution in [3.8, 4) is 0 Å². The number of unbranched alkanes of at least 4 members (excludes halogenated alkanes) is 1. The third-order valence-electron chi connectivity index (χ3n) is 7.23. The van der Waals surface area contributed by atoms with Gasteiger partial charge < -0.3 is 19.6 Å². The van der Waals surface area contributed by atoms with Crippen molar-refractivity contribution in [3.63, 3.8) is 0 Å². The highest BCUT2D eigenvalue weighted by Crippen LogP contribution is 2.39. The Labute approximate surface area is 218 Å². The fourth-order valence-electron chi connectivity index (χ4n) is 5.09. The molecule has 0 spiro atoms. The molecule has 35 heavy (non-hydrogen) atoms. The number of hydrogen-bond donors (Lipinski definition) is 0. The molecular formula is C27H34Cl2N4O2. The van der Waals surface area contributed by atoms with E-state index in [1.165, 1.54) is 0 Å². The van der Waals surface area contributed by atoms with Crippen LogP contribution in [0.1, 0.15) is 54.6 Å². The van der Waals surface area contributed by atoms with Gasteiger partial charge in [-0.05, 0) is 61.2 Å². The molecule has 0 aliphatic carbocycles. The number of piperidine rings is 1. The van der Waals surface area contributed by atoms with Gasteiger partial charge in [0.05, 0.1) is 16.1 Å². The quantitative estimate of drug-likeness (QED) is 0.457. The van der Waals surface area contributed by atoms with Crippen LogP contribution in [0.3, 0.4) is 0 Å². The number of hydrogen-bond acceptors (Lipinski definition) is 3. The zero-order valence-electron chi connectivity index (χ0n) is 20.7. The average molecular weight is 518 g/mol. The minimum atomic E-state index is 0.0380. The van der Waals surface area contributed by atoms with Crippen LogP contribution in [0, 0.1) is 0 Å². The van der Waals surface area contributed by atoms with Crippen molar-refractivity contribution < 1.29 is 9.59 Å². The number of carbonyl (C=O) groups excluding carboxylic acids is 2. The van der Waals surface area contributed by atoms with Crippen molar-refractivity contribution in [1.29, 1.82) is 0 Å². The Kier molecular flexibility index (Phi) is 8.12. The average Bonchev–Trinajstić information content (AvgIpc) is 3.21. The number of likely N-dealkylation sites (N-methyl/N-ethyl adjacent to an activating group) is 1. The van der Waals surface area contributed by atoms with Crippen molar-refractivity contribution in [2.24, 2.45) is 0 Å². The molecule has 2 saturated heterocycles. The molecule has 4 rings (SSSR count). The molecule has 0 N–H and O–H groups in total. The minimum Gasteiger partial charge on any atom is -0.364 e. The van der Waals surface area contributed by atoms with E-state index in [1.54, 1.807) is 9.80 Å². The molecule has 2 atom stereocenters. The Morgan fingerprint density at radius 1 is 1.03 bits per heavy atom. The molecule has 0 bridgehead atoms. The van der Waals surface area contributed by atoms with Crippen molar-refractivity contribution in [2.45, 2.75) is 44.7 Å². The van der Waals surface area contributed by atoms with E-state index in [9.17, 15) is 9.59 Å². The van der Waals surface area contributed by atoms with Crippen molar-refractivity contribution >= 4 is 40.8 Å². The summed E-state index contributed by atoms with van der Waals surface area (Å²) >= 11 is 12.6. The monoisotopic (exact) mass is 516 g/mol. The molecule has 2 unspecified atom stereocenters. The summed E-state index contributed by atoms with van der Waals surface area (Å²) < 4.78 is 0. The van der Waals surface area contributed by atoms with Gasteiger partial charge in [0.2, 0.25) is 0 Å². The molecule has 2 heterocycles. The fourth-order valence-corrected chi connectivity index (χ4v) is 5.40. The third-order valence-corrected chi connectivity index (χ3v) is 7.97. The summed E-state index contributed by atoms with van der Waals surface area (Å²) in [7, 11) is 3.71. The number of rotatable bonds is 7. The Bertz CT molecular complexity index is 1060. The molecule has 188 valence electrons. The molecule has 0 radical (unpaired) electrons. The normalized spacial score (nSPS) is 20.5. The molecule has 3 amide bonds. The lowest BCUT2D eigenvalue weighted by molar-refractivity contribution is 0.0793. The first-order valence-corrected chi connectivity index (χ1v) is 13.1. The largest absolute Gasteiger partial charge is 0.364 e. The summed E-state index contributed by atoms with van der Waals surface area (Å²) in [4.78, 5) is 33.4. The first-order valence-electron chi connectivity index (χ1n) is 12.4. The third kappa shape index (κ3) is 5.54. The summed E-state index contributed by atoms with van der Waals surface area (Å²) in [6.07, 6.45) is 3.74. The van der Waals surface area contributed by atoms with Crippen molar-refractivity contribution in [1.82, 2.24) is 14.7 Å².